The molecule has 0 unspecified atom stereocenters. The van der Waals surface area contributed by atoms with Crippen LogP contribution in [0.5, 0.6) is 0 Å². The van der Waals surface area contributed by atoms with Crippen LogP contribution < -0.4 is 10.9 Å². The first-order chi connectivity index (χ1) is 14.5. The Labute approximate surface area is 175 Å². The van der Waals surface area contributed by atoms with E-state index in [1.54, 1.807) is 25.1 Å². The Bertz CT molecular complexity index is 1370. The third-order valence-electron chi connectivity index (χ3n) is 5.38. The molecule has 0 radical (unpaired) electrons. The van der Waals surface area contributed by atoms with Crippen molar-refractivity contribution in [3.8, 4) is 10.4 Å². The van der Waals surface area contributed by atoms with Gasteiger partial charge in [-0.1, -0.05) is 30.3 Å². The van der Waals surface area contributed by atoms with Crippen molar-refractivity contribution in [3.63, 3.8) is 0 Å². The molecule has 2 aromatic carbocycles. The standard InChI is InChI=1S/C23H17N3O3S/c1-13-16-9-15(7-8-18(16)25-21(13)28)19(27)11-26-12-24-22-17(23(26)29)10-20(30-22)14-5-3-2-4-6-14/h2-10,12-13H,11H2,1H3,(H,25,28)/t13-/m1/s1. The van der Waals surface area contributed by atoms with Crippen LogP contribution in [0.3, 0.4) is 0 Å². The average Bonchev–Trinajstić information content (AvgIpc) is 3.32. The number of thiophene rings is 1. The maximum atomic E-state index is 12.9. The summed E-state index contributed by atoms with van der Waals surface area (Å²) in [7, 11) is 0. The van der Waals surface area contributed by atoms with Gasteiger partial charge in [-0.25, -0.2) is 4.98 Å². The fraction of sp³-hybridized carbons (Fsp3) is 0.130. The molecule has 0 aliphatic carbocycles. The summed E-state index contributed by atoms with van der Waals surface area (Å²) in [6, 6.07) is 16.8. The highest BCUT2D eigenvalue weighted by atomic mass is 32.1. The number of Topliss-reactive ketones (excluding diaryl/α,β-unsaturated/α-hetero) is 1. The van der Waals surface area contributed by atoms with Crippen LogP contribution >= 0.6 is 11.3 Å². The summed E-state index contributed by atoms with van der Waals surface area (Å²) < 4.78 is 1.34. The number of aromatic nitrogens is 2. The Morgan fingerprint density at radius 2 is 1.93 bits per heavy atom. The SMILES string of the molecule is C[C@H]1C(=O)Nc2ccc(C(=O)Cn3cnc4sc(-c5ccccc5)cc4c3=O)cc21. The monoisotopic (exact) mass is 415 g/mol. The van der Waals surface area contributed by atoms with Crippen molar-refractivity contribution in [3.05, 3.63) is 82.4 Å². The lowest BCUT2D eigenvalue weighted by Crippen LogP contribution is -2.24. The summed E-state index contributed by atoms with van der Waals surface area (Å²) >= 11 is 1.45. The fourth-order valence-electron chi connectivity index (χ4n) is 3.65. The molecule has 0 spiro atoms. The fourth-order valence-corrected chi connectivity index (χ4v) is 4.65. The molecule has 1 amide bonds. The van der Waals surface area contributed by atoms with Crippen molar-refractivity contribution in [1.82, 2.24) is 9.55 Å². The Hall–Kier alpha value is -3.58. The van der Waals surface area contributed by atoms with Gasteiger partial charge in [-0.3, -0.25) is 19.0 Å². The Morgan fingerprint density at radius 1 is 1.13 bits per heavy atom. The van der Waals surface area contributed by atoms with E-state index >= 15 is 0 Å². The number of nitrogens with one attached hydrogen (secondary N) is 1. The molecule has 4 aromatic rings. The van der Waals surface area contributed by atoms with Crippen LogP contribution in [0.25, 0.3) is 20.7 Å². The molecular weight excluding hydrogens is 398 g/mol. The molecule has 5 rings (SSSR count). The number of nitrogens with zero attached hydrogens (tertiary/aromatic N) is 2. The largest absolute Gasteiger partial charge is 0.325 e. The molecule has 0 saturated heterocycles. The smallest absolute Gasteiger partial charge is 0.262 e. The number of anilines is 1. The second-order valence-corrected chi connectivity index (χ2v) is 8.34. The number of carbonyl (C=O) groups is 2. The topological polar surface area (TPSA) is 81.1 Å². The highest BCUT2D eigenvalue weighted by Crippen LogP contribution is 2.33. The van der Waals surface area contributed by atoms with E-state index in [-0.39, 0.29) is 29.7 Å². The summed E-state index contributed by atoms with van der Waals surface area (Å²) in [6.45, 7) is 1.70. The van der Waals surface area contributed by atoms with Gasteiger partial charge in [0.2, 0.25) is 5.91 Å². The van der Waals surface area contributed by atoms with Gasteiger partial charge in [0, 0.05) is 16.1 Å². The lowest BCUT2D eigenvalue weighted by atomic mass is 9.99. The second-order valence-electron chi connectivity index (χ2n) is 7.31. The molecule has 7 heteroatoms. The van der Waals surface area contributed by atoms with Gasteiger partial charge in [0.15, 0.2) is 5.78 Å². The minimum absolute atomic E-state index is 0.0767. The summed E-state index contributed by atoms with van der Waals surface area (Å²) in [4.78, 5) is 43.6. The molecule has 1 aliphatic rings. The number of carbonyl (C=O) groups excluding carboxylic acids is 2. The van der Waals surface area contributed by atoms with E-state index in [1.165, 1.54) is 22.2 Å². The van der Waals surface area contributed by atoms with Gasteiger partial charge in [0.25, 0.3) is 5.56 Å². The van der Waals surface area contributed by atoms with Gasteiger partial charge in [-0.05, 0) is 42.3 Å². The van der Waals surface area contributed by atoms with Gasteiger partial charge in [-0.2, -0.15) is 0 Å². The summed E-state index contributed by atoms with van der Waals surface area (Å²) in [5, 5.41) is 3.30. The van der Waals surface area contributed by atoms with Crippen LogP contribution in [0.2, 0.25) is 0 Å². The molecule has 0 saturated carbocycles. The average molecular weight is 415 g/mol. The number of ketones is 1. The van der Waals surface area contributed by atoms with Crippen LogP contribution in [-0.2, 0) is 11.3 Å². The molecule has 3 heterocycles. The van der Waals surface area contributed by atoms with Crippen molar-refractivity contribution in [2.45, 2.75) is 19.4 Å². The summed E-state index contributed by atoms with van der Waals surface area (Å²) in [5.41, 5.74) is 2.80. The van der Waals surface area contributed by atoms with E-state index in [0.717, 1.165) is 21.7 Å². The molecule has 2 aromatic heterocycles. The van der Waals surface area contributed by atoms with Gasteiger partial charge >= 0.3 is 0 Å². The Balaban J connectivity index is 1.46. The third kappa shape index (κ3) is 3.04. The number of benzene rings is 2. The highest BCUT2D eigenvalue weighted by molar-refractivity contribution is 7.21. The van der Waals surface area contributed by atoms with E-state index in [1.807, 2.05) is 36.4 Å². The second kappa shape index (κ2) is 7.03. The molecule has 1 aliphatic heterocycles. The molecule has 0 bridgehead atoms. The van der Waals surface area contributed by atoms with Gasteiger partial charge < -0.3 is 5.32 Å². The van der Waals surface area contributed by atoms with Crippen molar-refractivity contribution in [2.75, 3.05) is 5.32 Å². The first kappa shape index (κ1) is 18.4. The maximum absolute atomic E-state index is 12.9. The minimum Gasteiger partial charge on any atom is -0.325 e. The lowest BCUT2D eigenvalue weighted by molar-refractivity contribution is -0.116. The zero-order chi connectivity index (χ0) is 20.8. The van der Waals surface area contributed by atoms with Crippen molar-refractivity contribution in [1.29, 1.82) is 0 Å². The predicted octanol–water partition coefficient (Wildman–Crippen LogP) is 4.06. The van der Waals surface area contributed by atoms with Crippen LogP contribution in [-0.4, -0.2) is 21.2 Å². The Morgan fingerprint density at radius 3 is 2.73 bits per heavy atom. The third-order valence-corrected chi connectivity index (χ3v) is 6.47. The number of hydrogen-bond acceptors (Lipinski definition) is 5. The normalized spacial score (nSPS) is 15.2. The van der Waals surface area contributed by atoms with Crippen molar-refractivity contribution < 1.29 is 9.59 Å². The molecule has 1 N–H and O–H groups in total. The molecule has 6 nitrogen and oxygen atoms in total. The number of amides is 1. The summed E-state index contributed by atoms with van der Waals surface area (Å²) in [6.07, 6.45) is 1.43. The van der Waals surface area contributed by atoms with Crippen LogP contribution in [0, 0.1) is 0 Å². The maximum Gasteiger partial charge on any atom is 0.262 e. The quantitative estimate of drug-likeness (QED) is 0.510. The van der Waals surface area contributed by atoms with E-state index in [9.17, 15) is 14.4 Å². The van der Waals surface area contributed by atoms with Gasteiger partial charge in [0.05, 0.1) is 24.2 Å². The number of fused-ring (bicyclic) bond motifs is 2. The predicted molar refractivity (Wildman–Crippen MR) is 117 cm³/mol. The van der Waals surface area contributed by atoms with Crippen LogP contribution in [0.4, 0.5) is 5.69 Å². The van der Waals surface area contributed by atoms with Crippen LogP contribution in [0.15, 0.2) is 65.7 Å². The van der Waals surface area contributed by atoms with E-state index in [4.69, 9.17) is 0 Å². The Kier molecular flexibility index (Phi) is 4.33. The first-order valence-corrected chi connectivity index (χ1v) is 10.4. The van der Waals surface area contributed by atoms with E-state index < -0.39 is 0 Å². The molecule has 30 heavy (non-hydrogen) atoms. The first-order valence-electron chi connectivity index (χ1n) is 9.53. The zero-order valence-electron chi connectivity index (χ0n) is 16.1. The molecule has 1 atom stereocenters. The molecule has 148 valence electrons. The number of hydrogen-bond donors (Lipinski definition) is 1. The van der Waals surface area contributed by atoms with E-state index in [2.05, 4.69) is 10.3 Å². The van der Waals surface area contributed by atoms with E-state index in [0.29, 0.717) is 15.8 Å². The van der Waals surface area contributed by atoms with Gasteiger partial charge in [-0.15, -0.1) is 11.3 Å². The highest BCUT2D eigenvalue weighted by Gasteiger charge is 2.27. The lowest BCUT2D eigenvalue weighted by Gasteiger charge is -2.07. The molecular formula is C23H17N3O3S. The zero-order valence-corrected chi connectivity index (χ0v) is 16.9. The minimum atomic E-state index is -0.296. The van der Waals surface area contributed by atoms with Crippen molar-refractivity contribution >= 4 is 38.9 Å². The van der Waals surface area contributed by atoms with Crippen molar-refractivity contribution in [2.24, 2.45) is 0 Å². The van der Waals surface area contributed by atoms with Crippen LogP contribution in [0.1, 0.15) is 28.8 Å². The van der Waals surface area contributed by atoms with Gasteiger partial charge in [0.1, 0.15) is 4.83 Å². The number of rotatable bonds is 4. The summed E-state index contributed by atoms with van der Waals surface area (Å²) in [5.74, 6) is -0.575. The molecule has 0 fully saturated rings.